The van der Waals surface area contributed by atoms with E-state index in [4.69, 9.17) is 21.7 Å². The number of rotatable bonds is 2. The molecule has 2 saturated carbocycles. The van der Waals surface area contributed by atoms with E-state index >= 15 is 0 Å². The summed E-state index contributed by atoms with van der Waals surface area (Å²) in [5.41, 5.74) is 0.940. The zero-order valence-electron chi connectivity index (χ0n) is 11.2. The lowest BCUT2D eigenvalue weighted by molar-refractivity contribution is 0.174. The van der Waals surface area contributed by atoms with Crippen molar-refractivity contribution in [3.8, 4) is 11.5 Å². The molecule has 2 aliphatic carbocycles. The lowest BCUT2D eigenvalue weighted by atomic mass is 9.96. The molecule has 0 spiro atoms. The summed E-state index contributed by atoms with van der Waals surface area (Å²) in [7, 11) is 0. The van der Waals surface area contributed by atoms with Crippen LogP contribution in [0.1, 0.15) is 25.7 Å². The molecule has 106 valence electrons. The van der Waals surface area contributed by atoms with Crippen molar-refractivity contribution in [3.05, 3.63) is 18.2 Å². The predicted molar refractivity (Wildman–Crippen MR) is 81.2 cm³/mol. The van der Waals surface area contributed by atoms with E-state index in [1.807, 2.05) is 18.2 Å². The van der Waals surface area contributed by atoms with Gasteiger partial charge in [0.05, 0.1) is 0 Å². The van der Waals surface area contributed by atoms with Gasteiger partial charge in [0.1, 0.15) is 0 Å². The SMILES string of the molecule is S=C(Nc1ccc2c(c1)OCO2)N[C@@H]1C[C@@H]2CC[C@@H]1C2. The average molecular weight is 290 g/mol. The molecular weight excluding hydrogens is 272 g/mol. The lowest BCUT2D eigenvalue weighted by Crippen LogP contribution is -2.40. The minimum Gasteiger partial charge on any atom is -0.454 e. The quantitative estimate of drug-likeness (QED) is 0.820. The van der Waals surface area contributed by atoms with Gasteiger partial charge in [-0.2, -0.15) is 0 Å². The monoisotopic (exact) mass is 290 g/mol. The van der Waals surface area contributed by atoms with E-state index < -0.39 is 0 Å². The highest BCUT2D eigenvalue weighted by atomic mass is 32.1. The highest BCUT2D eigenvalue weighted by Gasteiger charge is 2.39. The largest absolute Gasteiger partial charge is 0.454 e. The molecule has 0 radical (unpaired) electrons. The van der Waals surface area contributed by atoms with E-state index in [0.717, 1.165) is 29.0 Å². The molecule has 5 heteroatoms. The number of anilines is 1. The third kappa shape index (κ3) is 2.20. The molecule has 1 heterocycles. The van der Waals surface area contributed by atoms with Crippen molar-refractivity contribution in [2.75, 3.05) is 12.1 Å². The van der Waals surface area contributed by atoms with E-state index in [0.29, 0.717) is 17.9 Å². The molecule has 2 bridgehead atoms. The Balaban J connectivity index is 1.38. The molecule has 3 atom stereocenters. The summed E-state index contributed by atoms with van der Waals surface area (Å²) < 4.78 is 10.7. The molecule has 3 aliphatic rings. The molecule has 0 unspecified atom stereocenters. The molecule has 0 amide bonds. The molecular formula is C15H18N2O2S. The Bertz CT molecular complexity index is 549. The standard InChI is InChI=1S/C15H18N2O2S/c20-15(17-12-6-9-1-2-10(12)5-9)16-11-3-4-13-14(7-11)19-8-18-13/h3-4,7,9-10,12H,1-2,5-6,8H2,(H2,16,17,20)/t9-,10-,12-/m1/s1. The van der Waals surface area contributed by atoms with Crippen molar-refractivity contribution < 1.29 is 9.47 Å². The van der Waals surface area contributed by atoms with E-state index in [9.17, 15) is 0 Å². The second kappa shape index (κ2) is 4.81. The number of nitrogens with one attached hydrogen (secondary N) is 2. The first-order valence-electron chi connectivity index (χ1n) is 7.25. The van der Waals surface area contributed by atoms with Crippen molar-refractivity contribution in [2.45, 2.75) is 31.7 Å². The molecule has 2 fully saturated rings. The van der Waals surface area contributed by atoms with Gasteiger partial charge in [-0.3, -0.25) is 0 Å². The number of benzene rings is 1. The highest BCUT2D eigenvalue weighted by molar-refractivity contribution is 7.80. The third-order valence-corrected chi connectivity index (χ3v) is 4.90. The number of fused-ring (bicyclic) bond motifs is 3. The van der Waals surface area contributed by atoms with Gasteiger partial charge in [0, 0.05) is 17.8 Å². The van der Waals surface area contributed by atoms with Crippen LogP contribution in [0.2, 0.25) is 0 Å². The van der Waals surface area contributed by atoms with Gasteiger partial charge >= 0.3 is 0 Å². The summed E-state index contributed by atoms with van der Waals surface area (Å²) in [4.78, 5) is 0. The Labute approximate surface area is 123 Å². The Morgan fingerprint density at radius 1 is 1.15 bits per heavy atom. The first kappa shape index (κ1) is 12.3. The van der Waals surface area contributed by atoms with Crippen molar-refractivity contribution in [2.24, 2.45) is 11.8 Å². The van der Waals surface area contributed by atoms with Crippen LogP contribution >= 0.6 is 12.2 Å². The van der Waals surface area contributed by atoms with Crippen LogP contribution in [0.3, 0.4) is 0 Å². The molecule has 0 saturated heterocycles. The van der Waals surface area contributed by atoms with Crippen LogP contribution in [-0.4, -0.2) is 17.9 Å². The van der Waals surface area contributed by atoms with Gasteiger partial charge in [0.2, 0.25) is 6.79 Å². The molecule has 1 aromatic rings. The van der Waals surface area contributed by atoms with Crippen molar-refractivity contribution in [1.82, 2.24) is 5.32 Å². The second-order valence-corrected chi connectivity index (χ2v) is 6.36. The number of hydrogen-bond acceptors (Lipinski definition) is 3. The summed E-state index contributed by atoms with van der Waals surface area (Å²) >= 11 is 5.42. The Kier molecular flexibility index (Phi) is 2.95. The van der Waals surface area contributed by atoms with Gasteiger partial charge < -0.3 is 20.1 Å². The number of ether oxygens (including phenoxy) is 2. The Morgan fingerprint density at radius 2 is 2.05 bits per heavy atom. The first-order chi connectivity index (χ1) is 9.78. The lowest BCUT2D eigenvalue weighted by Gasteiger charge is -2.24. The maximum Gasteiger partial charge on any atom is 0.231 e. The number of thiocarbonyl (C=S) groups is 1. The van der Waals surface area contributed by atoms with Crippen molar-refractivity contribution in [3.63, 3.8) is 0 Å². The average Bonchev–Trinajstić information content (AvgIpc) is 3.13. The zero-order chi connectivity index (χ0) is 13.5. The normalized spacial score (nSPS) is 29.5. The summed E-state index contributed by atoms with van der Waals surface area (Å²) in [5.74, 6) is 3.31. The maximum atomic E-state index is 5.42. The maximum absolute atomic E-state index is 5.42. The van der Waals surface area contributed by atoms with Crippen LogP contribution in [0.25, 0.3) is 0 Å². The Morgan fingerprint density at radius 3 is 2.85 bits per heavy atom. The van der Waals surface area contributed by atoms with Crippen LogP contribution in [0, 0.1) is 11.8 Å². The van der Waals surface area contributed by atoms with Crippen LogP contribution in [0.4, 0.5) is 5.69 Å². The topological polar surface area (TPSA) is 42.5 Å². The fraction of sp³-hybridized carbons (Fsp3) is 0.533. The molecule has 1 aliphatic heterocycles. The molecule has 4 nitrogen and oxygen atoms in total. The van der Waals surface area contributed by atoms with Crippen molar-refractivity contribution in [1.29, 1.82) is 0 Å². The van der Waals surface area contributed by atoms with Gasteiger partial charge in [-0.1, -0.05) is 6.42 Å². The van der Waals surface area contributed by atoms with Gasteiger partial charge in [0.25, 0.3) is 0 Å². The van der Waals surface area contributed by atoms with Crippen LogP contribution in [-0.2, 0) is 0 Å². The summed E-state index contributed by atoms with van der Waals surface area (Å²) in [5, 5.41) is 7.43. The summed E-state index contributed by atoms with van der Waals surface area (Å²) in [6.07, 6.45) is 5.41. The van der Waals surface area contributed by atoms with E-state index in [1.54, 1.807) is 0 Å². The van der Waals surface area contributed by atoms with Gasteiger partial charge in [0.15, 0.2) is 16.6 Å². The second-order valence-electron chi connectivity index (χ2n) is 5.95. The van der Waals surface area contributed by atoms with Crippen LogP contribution < -0.4 is 20.1 Å². The molecule has 2 N–H and O–H groups in total. The summed E-state index contributed by atoms with van der Waals surface area (Å²) in [6.45, 7) is 0.298. The van der Waals surface area contributed by atoms with Crippen LogP contribution in [0.15, 0.2) is 18.2 Å². The fourth-order valence-electron chi connectivity index (χ4n) is 3.73. The highest BCUT2D eigenvalue weighted by Crippen LogP contribution is 2.44. The number of hydrogen-bond donors (Lipinski definition) is 2. The van der Waals surface area contributed by atoms with Gasteiger partial charge in [-0.05, 0) is 55.4 Å². The van der Waals surface area contributed by atoms with E-state index in [-0.39, 0.29) is 0 Å². The van der Waals surface area contributed by atoms with Crippen LogP contribution in [0.5, 0.6) is 11.5 Å². The molecule has 0 aromatic heterocycles. The molecule has 4 rings (SSSR count). The van der Waals surface area contributed by atoms with Gasteiger partial charge in [-0.15, -0.1) is 0 Å². The van der Waals surface area contributed by atoms with E-state index in [2.05, 4.69) is 10.6 Å². The zero-order valence-corrected chi connectivity index (χ0v) is 12.0. The summed E-state index contributed by atoms with van der Waals surface area (Å²) in [6, 6.07) is 6.35. The molecule has 1 aromatic carbocycles. The Hall–Kier alpha value is -1.49. The predicted octanol–water partition coefficient (Wildman–Crippen LogP) is 2.89. The van der Waals surface area contributed by atoms with Crippen molar-refractivity contribution >= 4 is 23.0 Å². The first-order valence-corrected chi connectivity index (χ1v) is 7.66. The third-order valence-electron chi connectivity index (χ3n) is 4.69. The van der Waals surface area contributed by atoms with Gasteiger partial charge in [-0.25, -0.2) is 0 Å². The van der Waals surface area contributed by atoms with E-state index in [1.165, 1.54) is 25.7 Å². The minimum absolute atomic E-state index is 0.298. The molecule has 20 heavy (non-hydrogen) atoms. The smallest absolute Gasteiger partial charge is 0.231 e. The minimum atomic E-state index is 0.298. The fourth-order valence-corrected chi connectivity index (χ4v) is 4.00.